The van der Waals surface area contributed by atoms with Gasteiger partial charge in [0.1, 0.15) is 24.2 Å². The molecular formula is C32H32ClN5O3. The Kier molecular flexibility index (Phi) is 5.83. The molecule has 0 saturated heterocycles. The van der Waals surface area contributed by atoms with Crippen molar-refractivity contribution in [3.8, 4) is 17.6 Å². The lowest BCUT2D eigenvalue weighted by atomic mass is 10.0. The number of aromatic nitrogens is 2. The highest BCUT2D eigenvalue weighted by atomic mass is 35.5. The monoisotopic (exact) mass is 581 g/mol. The first kappa shape index (κ1) is 17.4. The van der Waals surface area contributed by atoms with Crippen molar-refractivity contribution in [2.24, 2.45) is 0 Å². The van der Waals surface area contributed by atoms with Gasteiger partial charge in [0.05, 0.1) is 50.5 Å². The molecule has 8 nitrogen and oxygen atoms in total. The second-order valence-corrected chi connectivity index (χ2v) is 9.09. The first-order valence-corrected chi connectivity index (χ1v) is 12.5. The Morgan fingerprint density at radius 1 is 1.24 bits per heavy atom. The highest BCUT2D eigenvalue weighted by Gasteiger charge is 2.16. The fourth-order valence-electron chi connectivity index (χ4n) is 3.46. The molecule has 210 valence electrons. The van der Waals surface area contributed by atoms with E-state index in [1.165, 1.54) is 13.0 Å². The number of hydrogen-bond donors (Lipinski definition) is 1. The predicted octanol–water partition coefficient (Wildman–Crippen LogP) is 6.41. The smallest absolute Gasteiger partial charge is 0.159 e. The molecule has 2 aromatic carbocycles. The summed E-state index contributed by atoms with van der Waals surface area (Å²) in [6, 6.07) is -2.90. The number of rotatable bonds is 12. The highest BCUT2D eigenvalue weighted by Crippen LogP contribution is 2.36. The fourth-order valence-corrected chi connectivity index (χ4v) is 3.66. The number of pyridine rings is 2. The zero-order valence-electron chi connectivity index (χ0n) is 34.6. The number of nitrogens with one attached hydrogen (secondary N) is 1. The lowest BCUT2D eigenvalue weighted by Crippen LogP contribution is -2.11. The van der Waals surface area contributed by atoms with Crippen LogP contribution in [0.4, 0.5) is 11.4 Å². The van der Waals surface area contributed by atoms with Crippen LogP contribution in [0.5, 0.6) is 11.5 Å². The van der Waals surface area contributed by atoms with Crippen LogP contribution < -0.4 is 14.8 Å². The molecule has 1 N–H and O–H groups in total. The average Bonchev–Trinajstić information content (AvgIpc) is 3.08. The quantitative estimate of drug-likeness (QED) is 0.191. The largest absolute Gasteiger partial charge is 0.494 e. The summed E-state index contributed by atoms with van der Waals surface area (Å²) in [4.78, 5) is 23.0. The van der Waals surface area contributed by atoms with Crippen LogP contribution in [0, 0.1) is 18.3 Å². The number of anilines is 2. The van der Waals surface area contributed by atoms with Crippen molar-refractivity contribution in [2.45, 2.75) is 26.9 Å². The summed E-state index contributed by atoms with van der Waals surface area (Å²) in [5.74, 6) is -1.81. The third kappa shape index (κ3) is 7.82. The Morgan fingerprint density at radius 3 is 2.83 bits per heavy atom. The van der Waals surface area contributed by atoms with Gasteiger partial charge in [0.2, 0.25) is 0 Å². The van der Waals surface area contributed by atoms with Crippen molar-refractivity contribution >= 4 is 39.7 Å². The molecule has 0 amide bonds. The molecular weight excluding hydrogens is 538 g/mol. The Hall–Kier alpha value is -4.45. The molecule has 4 aromatic rings. The lowest BCUT2D eigenvalue weighted by molar-refractivity contribution is -0.114. The molecule has 4 rings (SSSR count). The molecule has 0 saturated carbocycles. The van der Waals surface area contributed by atoms with Crippen LogP contribution in [0.25, 0.3) is 10.9 Å². The van der Waals surface area contributed by atoms with Gasteiger partial charge in [-0.1, -0.05) is 23.7 Å². The molecule has 0 atom stereocenters. The van der Waals surface area contributed by atoms with E-state index in [0.29, 0.717) is 0 Å². The third-order valence-electron chi connectivity index (χ3n) is 5.26. The van der Waals surface area contributed by atoms with Gasteiger partial charge in [0.25, 0.3) is 0 Å². The molecule has 0 spiro atoms. The van der Waals surface area contributed by atoms with E-state index < -0.39 is 119 Å². The van der Waals surface area contributed by atoms with Gasteiger partial charge < -0.3 is 19.7 Å². The van der Waals surface area contributed by atoms with Crippen molar-refractivity contribution in [3.63, 3.8) is 0 Å². The minimum atomic E-state index is -2.42. The predicted molar refractivity (Wildman–Crippen MR) is 162 cm³/mol. The molecule has 41 heavy (non-hydrogen) atoms. The number of ketones is 1. The number of carbonyl (C=O) groups excluding carboxylic acids is 1. The van der Waals surface area contributed by atoms with Gasteiger partial charge in [-0.25, -0.2) is 0 Å². The molecule has 9 heteroatoms. The van der Waals surface area contributed by atoms with Gasteiger partial charge in [-0.05, 0) is 70.2 Å². The number of nitrogens with zero attached hydrogens (tertiary/aromatic N) is 4. The van der Waals surface area contributed by atoms with E-state index in [1.54, 1.807) is 25.1 Å². The van der Waals surface area contributed by atoms with Gasteiger partial charge in [-0.15, -0.1) is 0 Å². The Morgan fingerprint density at radius 2 is 2.07 bits per heavy atom. The van der Waals surface area contributed by atoms with E-state index in [0.717, 1.165) is 6.92 Å². The zero-order chi connectivity index (χ0) is 39.9. The van der Waals surface area contributed by atoms with Gasteiger partial charge in [0, 0.05) is 47.5 Å². The van der Waals surface area contributed by atoms with Gasteiger partial charge in [0.15, 0.2) is 5.78 Å². The normalized spacial score (nSPS) is 15.9. The van der Waals surface area contributed by atoms with Crippen LogP contribution in [0.1, 0.15) is 45.9 Å². The molecule has 0 bridgehead atoms. The molecule has 0 aliphatic rings. The van der Waals surface area contributed by atoms with Gasteiger partial charge in [-0.2, -0.15) is 5.26 Å². The van der Waals surface area contributed by atoms with Gasteiger partial charge >= 0.3 is 0 Å². The number of likely N-dealkylation sites (N-methyl/N-ethyl adjacent to an activating group) is 1. The second-order valence-electron chi connectivity index (χ2n) is 8.71. The van der Waals surface area contributed by atoms with Gasteiger partial charge in [-0.3, -0.25) is 14.8 Å². The van der Waals surface area contributed by atoms with Crippen molar-refractivity contribution in [1.82, 2.24) is 14.9 Å². The number of nitriles is 1. The number of halogens is 1. The maximum Gasteiger partial charge on any atom is 0.159 e. The first-order valence-electron chi connectivity index (χ1n) is 18.1. The van der Waals surface area contributed by atoms with E-state index in [2.05, 4.69) is 15.3 Å². The standard InChI is InChI=1S/C32H32ClN5O3/c1-5-40-31-17-29-27(15-22(31)14-26(39)10-7-13-38(3)4)32(23(18-34)19-35-29)37-24-11-12-30(28(33)16-24)41-20-25-9-6-8-21(2)36-25/h6-12,15-17,19H,5,13-14,20H2,1-4H3,(H,35,37)/b10-7+/i5D2,6D,8D,9D,10D,11D,12D,15D,16D,17D,19D. The lowest BCUT2D eigenvalue weighted by Gasteiger charge is -2.16. The van der Waals surface area contributed by atoms with E-state index in [9.17, 15) is 10.1 Å². The van der Waals surface area contributed by atoms with Crippen LogP contribution in [0.15, 0.2) is 66.6 Å². The summed E-state index contributed by atoms with van der Waals surface area (Å²) in [5.41, 5.74) is -2.06. The number of carbonyl (C=O) groups is 1. The maximum atomic E-state index is 13.2. The number of aryl methyl sites for hydroxylation is 1. The summed E-state index contributed by atoms with van der Waals surface area (Å²) in [7, 11) is 3.44. The Labute approximate surface area is 262 Å². The summed E-state index contributed by atoms with van der Waals surface area (Å²) in [5, 5.41) is 11.9. The Bertz CT molecular complexity index is 2210. The molecule has 0 radical (unpaired) electrons. The molecule has 0 aliphatic heterocycles. The number of hydrogen-bond acceptors (Lipinski definition) is 8. The van der Waals surface area contributed by atoms with E-state index >= 15 is 0 Å². The minimum absolute atomic E-state index is 0.0576. The molecule has 2 aromatic heterocycles. The molecule has 0 unspecified atom stereocenters. The van der Waals surface area contributed by atoms with E-state index in [4.69, 9.17) is 37.5 Å². The van der Waals surface area contributed by atoms with Crippen LogP contribution in [-0.2, 0) is 17.8 Å². The van der Waals surface area contributed by atoms with E-state index in [-0.39, 0.29) is 34.9 Å². The number of allylic oxidation sites excluding steroid dienone is 1. The third-order valence-corrected chi connectivity index (χ3v) is 5.53. The van der Waals surface area contributed by atoms with Crippen molar-refractivity contribution < 1.29 is 30.7 Å². The van der Waals surface area contributed by atoms with Crippen molar-refractivity contribution in [3.05, 3.63) is 94.2 Å². The van der Waals surface area contributed by atoms with Crippen molar-refractivity contribution in [1.29, 1.82) is 5.26 Å². The van der Waals surface area contributed by atoms with E-state index in [1.807, 2.05) is 0 Å². The highest BCUT2D eigenvalue weighted by molar-refractivity contribution is 6.32. The van der Waals surface area contributed by atoms with Crippen LogP contribution in [0.2, 0.25) is 5.02 Å². The van der Waals surface area contributed by atoms with Crippen LogP contribution in [0.3, 0.4) is 0 Å². The van der Waals surface area contributed by atoms with Crippen molar-refractivity contribution in [2.75, 3.05) is 32.5 Å². The van der Waals surface area contributed by atoms with Crippen LogP contribution >= 0.6 is 11.6 Å². The zero-order valence-corrected chi connectivity index (χ0v) is 23.3. The molecule has 2 heterocycles. The number of ether oxygens (including phenoxy) is 2. The van der Waals surface area contributed by atoms with Crippen LogP contribution in [-0.4, -0.2) is 47.9 Å². The minimum Gasteiger partial charge on any atom is -0.494 e. The fraction of sp³-hybridized carbons (Fsp3) is 0.250. The molecule has 0 fully saturated rings. The number of fused-ring (bicyclic) bond motifs is 1. The summed E-state index contributed by atoms with van der Waals surface area (Å²) in [6.45, 7) is -0.196. The topological polar surface area (TPSA) is 100 Å². The summed E-state index contributed by atoms with van der Waals surface area (Å²) >= 11 is 6.47. The number of benzene rings is 2. The Balaban J connectivity index is 1.93. The summed E-state index contributed by atoms with van der Waals surface area (Å²) < 4.78 is 112. The SMILES string of the molecule is [2H]/C(=C\CN(C)C)C(=O)Cc1c(OC([2H])([2H])C)c([2H])c2nc([2H])c(C#N)c(Nc3c([2H])c([2H])c(OCc4nc(C)c([2H])c([2H])c4[2H])c(Cl)c3[2H])c2c1[2H]. The average molecular weight is 582 g/mol. The molecule has 0 aliphatic carbocycles. The second kappa shape index (κ2) is 13.8. The maximum absolute atomic E-state index is 13.2. The summed E-state index contributed by atoms with van der Waals surface area (Å²) in [6.07, 6.45) is -0.0871. The first-order chi connectivity index (χ1) is 24.6.